The van der Waals surface area contributed by atoms with E-state index >= 15 is 0 Å². The van der Waals surface area contributed by atoms with E-state index in [4.69, 9.17) is 0 Å². The number of amides is 1. The average Bonchev–Trinajstić information content (AvgIpc) is 2.93. The van der Waals surface area contributed by atoms with Gasteiger partial charge in [-0.15, -0.1) is 0 Å². The first-order chi connectivity index (χ1) is 11.0. The summed E-state index contributed by atoms with van der Waals surface area (Å²) >= 11 is 3.36. The first kappa shape index (κ1) is 15.2. The number of benzene rings is 2. The average molecular weight is 374 g/mol. The van der Waals surface area contributed by atoms with Crippen molar-refractivity contribution in [3.8, 4) is 11.4 Å². The summed E-state index contributed by atoms with van der Waals surface area (Å²) in [7, 11) is 0. The highest BCUT2D eigenvalue weighted by Crippen LogP contribution is 2.23. The Morgan fingerprint density at radius 1 is 1.26 bits per heavy atom. The number of carbonyl (C=O) groups excluding carboxylic acids is 1. The lowest BCUT2D eigenvalue weighted by molar-refractivity contribution is 0.102. The van der Waals surface area contributed by atoms with E-state index in [2.05, 4.69) is 35.9 Å². The number of halogens is 1. The Bertz CT molecular complexity index is 930. The summed E-state index contributed by atoms with van der Waals surface area (Å²) in [4.78, 5) is 26.1. The number of anilines is 1. The molecule has 2 N–H and O–H groups in total. The number of hydrogen-bond donors (Lipinski definition) is 2. The van der Waals surface area contributed by atoms with Gasteiger partial charge in [-0.2, -0.15) is 0 Å². The van der Waals surface area contributed by atoms with Gasteiger partial charge in [0.05, 0.1) is 0 Å². The van der Waals surface area contributed by atoms with E-state index in [0.717, 1.165) is 4.47 Å². The lowest BCUT2D eigenvalue weighted by atomic mass is 10.0. The summed E-state index contributed by atoms with van der Waals surface area (Å²) in [6.45, 7) is 1.79. The molecule has 0 aliphatic rings. The summed E-state index contributed by atoms with van der Waals surface area (Å²) in [5.74, 6) is -0.582. The molecular formula is C16H12BrN3O3. The van der Waals surface area contributed by atoms with Crippen LogP contribution in [0.25, 0.3) is 11.4 Å². The van der Waals surface area contributed by atoms with Crippen molar-refractivity contribution in [1.29, 1.82) is 0 Å². The molecular weight excluding hydrogens is 362 g/mol. The van der Waals surface area contributed by atoms with E-state index in [9.17, 15) is 9.59 Å². The number of H-pyrrole nitrogens is 1. The SMILES string of the molecule is Cc1c(C(=O)Nc2cccc(Br)c2)cccc1-c1noc(=O)[nH]1. The lowest BCUT2D eigenvalue weighted by Crippen LogP contribution is -2.13. The lowest BCUT2D eigenvalue weighted by Gasteiger charge is -2.10. The quantitative estimate of drug-likeness (QED) is 0.736. The maximum atomic E-state index is 12.5. The van der Waals surface area contributed by atoms with Gasteiger partial charge in [0.2, 0.25) is 0 Å². The molecule has 3 aromatic rings. The highest BCUT2D eigenvalue weighted by atomic mass is 79.9. The third-order valence-electron chi connectivity index (χ3n) is 3.36. The molecule has 7 heteroatoms. The standard InChI is InChI=1S/C16H12BrN3O3/c1-9-12(14-19-16(22)23-20-14)6-3-7-13(9)15(21)18-11-5-2-4-10(17)8-11/h2-8H,1H3,(H,18,21)(H,19,20,22). The van der Waals surface area contributed by atoms with Crippen LogP contribution in [0, 0.1) is 6.92 Å². The van der Waals surface area contributed by atoms with Gasteiger partial charge in [0.15, 0.2) is 5.82 Å². The van der Waals surface area contributed by atoms with E-state index in [1.807, 2.05) is 18.2 Å². The summed E-state index contributed by atoms with van der Waals surface area (Å²) in [6.07, 6.45) is 0. The Balaban J connectivity index is 1.94. The van der Waals surface area contributed by atoms with Crippen LogP contribution in [0.4, 0.5) is 5.69 Å². The van der Waals surface area contributed by atoms with Crippen LogP contribution in [0.5, 0.6) is 0 Å². The Morgan fingerprint density at radius 3 is 2.74 bits per heavy atom. The molecule has 1 amide bonds. The molecule has 0 bridgehead atoms. The van der Waals surface area contributed by atoms with E-state index in [1.54, 1.807) is 31.2 Å². The van der Waals surface area contributed by atoms with Crippen molar-refractivity contribution >= 4 is 27.5 Å². The van der Waals surface area contributed by atoms with Crippen LogP contribution in [0.3, 0.4) is 0 Å². The molecule has 116 valence electrons. The van der Waals surface area contributed by atoms with E-state index in [0.29, 0.717) is 28.2 Å². The number of nitrogens with one attached hydrogen (secondary N) is 2. The van der Waals surface area contributed by atoms with Crippen LogP contribution in [0.1, 0.15) is 15.9 Å². The number of nitrogens with zero attached hydrogens (tertiary/aromatic N) is 1. The number of hydrogen-bond acceptors (Lipinski definition) is 4. The van der Waals surface area contributed by atoms with Gasteiger partial charge in [-0.1, -0.05) is 39.3 Å². The fraction of sp³-hybridized carbons (Fsp3) is 0.0625. The summed E-state index contributed by atoms with van der Waals surface area (Å²) < 4.78 is 5.39. The number of carbonyl (C=O) groups is 1. The molecule has 0 aliphatic carbocycles. The summed E-state index contributed by atoms with van der Waals surface area (Å²) in [5.41, 5.74) is 2.51. The molecule has 1 heterocycles. The largest absolute Gasteiger partial charge is 0.439 e. The highest BCUT2D eigenvalue weighted by molar-refractivity contribution is 9.10. The maximum Gasteiger partial charge on any atom is 0.439 e. The molecule has 0 fully saturated rings. The molecule has 1 aromatic heterocycles. The van der Waals surface area contributed by atoms with Gasteiger partial charge in [-0.3, -0.25) is 14.3 Å². The van der Waals surface area contributed by atoms with Crippen molar-refractivity contribution < 1.29 is 9.32 Å². The zero-order valence-electron chi connectivity index (χ0n) is 12.1. The van der Waals surface area contributed by atoms with Crippen molar-refractivity contribution in [2.24, 2.45) is 0 Å². The topological polar surface area (TPSA) is 88.0 Å². The fourth-order valence-electron chi connectivity index (χ4n) is 2.25. The Kier molecular flexibility index (Phi) is 4.12. The van der Waals surface area contributed by atoms with Gasteiger partial charge in [0.25, 0.3) is 5.91 Å². The van der Waals surface area contributed by atoms with Crippen LogP contribution >= 0.6 is 15.9 Å². The minimum Gasteiger partial charge on any atom is -0.322 e. The molecule has 0 atom stereocenters. The van der Waals surface area contributed by atoms with Gasteiger partial charge in [-0.25, -0.2) is 4.79 Å². The number of aromatic nitrogens is 2. The smallest absolute Gasteiger partial charge is 0.322 e. The zero-order valence-corrected chi connectivity index (χ0v) is 13.7. The maximum absolute atomic E-state index is 12.5. The fourth-order valence-corrected chi connectivity index (χ4v) is 2.65. The molecule has 0 aliphatic heterocycles. The second-order valence-corrected chi connectivity index (χ2v) is 5.80. The van der Waals surface area contributed by atoms with Crippen molar-refractivity contribution in [1.82, 2.24) is 10.1 Å². The molecule has 2 aromatic carbocycles. The monoisotopic (exact) mass is 373 g/mol. The highest BCUT2D eigenvalue weighted by Gasteiger charge is 2.15. The molecule has 0 saturated carbocycles. The Hall–Kier alpha value is -2.67. The summed E-state index contributed by atoms with van der Waals surface area (Å²) in [5, 5.41) is 6.50. The minimum atomic E-state index is -0.636. The third kappa shape index (κ3) is 3.24. The summed E-state index contributed by atoms with van der Waals surface area (Å²) in [6, 6.07) is 12.5. The Labute approximate surface area is 139 Å². The predicted molar refractivity (Wildman–Crippen MR) is 89.4 cm³/mol. The normalized spacial score (nSPS) is 10.5. The van der Waals surface area contributed by atoms with Crippen molar-refractivity contribution in [2.75, 3.05) is 5.32 Å². The molecule has 0 radical (unpaired) electrons. The van der Waals surface area contributed by atoms with Crippen LogP contribution < -0.4 is 11.1 Å². The molecule has 23 heavy (non-hydrogen) atoms. The van der Waals surface area contributed by atoms with Gasteiger partial charge in [0, 0.05) is 21.3 Å². The van der Waals surface area contributed by atoms with E-state index < -0.39 is 5.76 Å². The first-order valence-electron chi connectivity index (χ1n) is 6.77. The molecule has 0 spiro atoms. The molecule has 0 unspecified atom stereocenters. The van der Waals surface area contributed by atoms with Crippen molar-refractivity contribution in [3.05, 3.63) is 68.6 Å². The Morgan fingerprint density at radius 2 is 2.04 bits per heavy atom. The second kappa shape index (κ2) is 6.21. The van der Waals surface area contributed by atoms with Crippen molar-refractivity contribution in [3.63, 3.8) is 0 Å². The second-order valence-electron chi connectivity index (χ2n) is 4.89. The van der Waals surface area contributed by atoms with Crippen LogP contribution in [0.2, 0.25) is 0 Å². The minimum absolute atomic E-state index is 0.242. The van der Waals surface area contributed by atoms with Gasteiger partial charge in [0.1, 0.15) is 0 Å². The van der Waals surface area contributed by atoms with Crippen LogP contribution in [-0.2, 0) is 0 Å². The van der Waals surface area contributed by atoms with E-state index in [-0.39, 0.29) is 5.91 Å². The first-order valence-corrected chi connectivity index (χ1v) is 7.57. The molecule has 6 nitrogen and oxygen atoms in total. The number of aromatic amines is 1. The van der Waals surface area contributed by atoms with Crippen molar-refractivity contribution in [2.45, 2.75) is 6.92 Å². The van der Waals surface area contributed by atoms with Gasteiger partial charge >= 0.3 is 5.76 Å². The van der Waals surface area contributed by atoms with Gasteiger partial charge in [-0.05, 0) is 36.8 Å². The third-order valence-corrected chi connectivity index (χ3v) is 3.85. The molecule has 0 saturated heterocycles. The zero-order chi connectivity index (χ0) is 16.4. The van der Waals surface area contributed by atoms with Crippen LogP contribution in [-0.4, -0.2) is 16.0 Å². The van der Waals surface area contributed by atoms with E-state index in [1.165, 1.54) is 0 Å². The van der Waals surface area contributed by atoms with Gasteiger partial charge < -0.3 is 5.32 Å². The molecule has 3 rings (SSSR count). The number of rotatable bonds is 3. The van der Waals surface area contributed by atoms with Crippen LogP contribution in [0.15, 0.2) is 56.3 Å². The predicted octanol–water partition coefficient (Wildman–Crippen LogP) is 3.35.